The van der Waals surface area contributed by atoms with Crippen LogP contribution in [0.15, 0.2) is 47.5 Å². The van der Waals surface area contributed by atoms with Crippen molar-refractivity contribution in [3.05, 3.63) is 53.6 Å². The maximum atomic E-state index is 5.62. The van der Waals surface area contributed by atoms with E-state index >= 15 is 0 Å². The number of hydrogen-bond donors (Lipinski definition) is 0. The van der Waals surface area contributed by atoms with E-state index in [4.69, 9.17) is 9.47 Å². The highest BCUT2D eigenvalue weighted by atomic mass is 16.5. The average Bonchev–Trinajstić information content (AvgIpc) is 2.49. The van der Waals surface area contributed by atoms with Gasteiger partial charge < -0.3 is 9.47 Å². The quantitative estimate of drug-likeness (QED) is 0.728. The van der Waals surface area contributed by atoms with Gasteiger partial charge in [0.15, 0.2) is 11.5 Å². The molecule has 0 atom stereocenters. The lowest BCUT2D eigenvalue weighted by atomic mass is 10.2. The van der Waals surface area contributed by atoms with Gasteiger partial charge in [0.2, 0.25) is 0 Å². The van der Waals surface area contributed by atoms with Crippen molar-refractivity contribution in [2.24, 2.45) is 4.99 Å². The van der Waals surface area contributed by atoms with E-state index in [1.165, 1.54) is 0 Å². The number of hydrogen-bond acceptors (Lipinski definition) is 3. The summed E-state index contributed by atoms with van der Waals surface area (Å²) in [6, 6.07) is 13.9. The summed E-state index contributed by atoms with van der Waals surface area (Å²) in [5.74, 6) is 1.53. The molecule has 0 spiro atoms. The Labute approximate surface area is 126 Å². The summed E-state index contributed by atoms with van der Waals surface area (Å²) >= 11 is 0. The number of nitrogens with zero attached hydrogens (tertiary/aromatic N) is 1. The third-order valence-corrected chi connectivity index (χ3v) is 3.04. The molecule has 0 aliphatic heterocycles. The molecule has 21 heavy (non-hydrogen) atoms. The molecule has 0 N–H and O–H groups in total. The third-order valence-electron chi connectivity index (χ3n) is 3.04. The fourth-order valence-electron chi connectivity index (χ4n) is 2.00. The zero-order chi connectivity index (χ0) is 15.1. The molecule has 0 unspecified atom stereocenters. The first kappa shape index (κ1) is 15.1. The van der Waals surface area contributed by atoms with Gasteiger partial charge >= 0.3 is 0 Å². The Bertz CT molecular complexity index is 620. The summed E-state index contributed by atoms with van der Waals surface area (Å²) in [5, 5.41) is 0. The molecule has 2 aromatic carbocycles. The molecule has 2 rings (SSSR count). The number of aryl methyl sites for hydroxylation is 1. The van der Waals surface area contributed by atoms with Gasteiger partial charge in [0.1, 0.15) is 0 Å². The molecule has 0 aliphatic carbocycles. The van der Waals surface area contributed by atoms with Crippen LogP contribution >= 0.6 is 0 Å². The van der Waals surface area contributed by atoms with E-state index < -0.39 is 0 Å². The van der Waals surface area contributed by atoms with Crippen molar-refractivity contribution < 1.29 is 9.47 Å². The van der Waals surface area contributed by atoms with Crippen molar-refractivity contribution in [1.82, 2.24) is 0 Å². The molecule has 0 radical (unpaired) electrons. The Morgan fingerprint density at radius 1 is 0.952 bits per heavy atom. The lowest BCUT2D eigenvalue weighted by molar-refractivity contribution is 0.288. The minimum absolute atomic E-state index is 0.610. The van der Waals surface area contributed by atoms with Crippen LogP contribution in [-0.4, -0.2) is 19.4 Å². The fourth-order valence-corrected chi connectivity index (χ4v) is 2.00. The summed E-state index contributed by atoms with van der Waals surface area (Å²) in [4.78, 5) is 4.53. The van der Waals surface area contributed by atoms with Crippen LogP contribution in [0.3, 0.4) is 0 Å². The van der Waals surface area contributed by atoms with Crippen LogP contribution in [0.2, 0.25) is 0 Å². The SMILES string of the molecule is CCOc1ccc(C=Nc2ccccc2C)cc1OCC. The van der Waals surface area contributed by atoms with Crippen molar-refractivity contribution in [1.29, 1.82) is 0 Å². The molecule has 0 fully saturated rings. The first-order valence-corrected chi connectivity index (χ1v) is 7.24. The van der Waals surface area contributed by atoms with Crippen LogP contribution in [0.4, 0.5) is 5.69 Å². The lowest BCUT2D eigenvalue weighted by Crippen LogP contribution is -1.99. The Balaban J connectivity index is 2.24. The van der Waals surface area contributed by atoms with Crippen molar-refractivity contribution in [2.75, 3.05) is 13.2 Å². The van der Waals surface area contributed by atoms with Crippen LogP contribution in [0.1, 0.15) is 25.0 Å². The van der Waals surface area contributed by atoms with Gasteiger partial charge in [-0.1, -0.05) is 18.2 Å². The van der Waals surface area contributed by atoms with E-state index in [-0.39, 0.29) is 0 Å². The second kappa shape index (κ2) is 7.48. The average molecular weight is 283 g/mol. The third kappa shape index (κ3) is 4.09. The van der Waals surface area contributed by atoms with E-state index in [9.17, 15) is 0 Å². The first-order valence-electron chi connectivity index (χ1n) is 7.24. The van der Waals surface area contributed by atoms with Crippen molar-refractivity contribution >= 4 is 11.9 Å². The number of ether oxygens (including phenoxy) is 2. The van der Waals surface area contributed by atoms with Crippen molar-refractivity contribution in [3.63, 3.8) is 0 Å². The second-order valence-corrected chi connectivity index (χ2v) is 4.62. The van der Waals surface area contributed by atoms with Gasteiger partial charge in [-0.05, 0) is 56.2 Å². The Hall–Kier alpha value is -2.29. The summed E-state index contributed by atoms with van der Waals surface area (Å²) < 4.78 is 11.2. The predicted octanol–water partition coefficient (Wildman–Crippen LogP) is 4.54. The van der Waals surface area contributed by atoms with Crippen LogP contribution < -0.4 is 9.47 Å². The van der Waals surface area contributed by atoms with Gasteiger partial charge in [-0.3, -0.25) is 4.99 Å². The molecule has 2 aromatic rings. The molecule has 0 amide bonds. The van der Waals surface area contributed by atoms with Crippen molar-refractivity contribution in [2.45, 2.75) is 20.8 Å². The molecule has 0 heterocycles. The molecule has 0 saturated heterocycles. The van der Waals surface area contributed by atoms with Gasteiger partial charge in [0, 0.05) is 6.21 Å². The molecular formula is C18H21NO2. The monoisotopic (exact) mass is 283 g/mol. The molecule has 3 heteroatoms. The highest BCUT2D eigenvalue weighted by Crippen LogP contribution is 2.28. The minimum Gasteiger partial charge on any atom is -0.490 e. The summed E-state index contributed by atoms with van der Waals surface area (Å²) in [7, 11) is 0. The van der Waals surface area contributed by atoms with Crippen LogP contribution in [-0.2, 0) is 0 Å². The second-order valence-electron chi connectivity index (χ2n) is 4.62. The number of benzene rings is 2. The number of aliphatic imine (C=N–C) groups is 1. The maximum Gasteiger partial charge on any atom is 0.161 e. The van der Waals surface area contributed by atoms with Crippen LogP contribution in [0, 0.1) is 6.92 Å². The van der Waals surface area contributed by atoms with E-state index in [0.29, 0.717) is 13.2 Å². The Kier molecular flexibility index (Phi) is 5.38. The predicted molar refractivity (Wildman–Crippen MR) is 87.2 cm³/mol. The topological polar surface area (TPSA) is 30.8 Å². The van der Waals surface area contributed by atoms with E-state index in [1.807, 2.05) is 56.5 Å². The Morgan fingerprint density at radius 2 is 1.67 bits per heavy atom. The summed E-state index contributed by atoms with van der Waals surface area (Å²) in [5.41, 5.74) is 3.12. The molecular weight excluding hydrogens is 262 g/mol. The minimum atomic E-state index is 0.610. The zero-order valence-corrected chi connectivity index (χ0v) is 12.8. The van der Waals surface area contributed by atoms with E-state index in [0.717, 1.165) is 28.3 Å². The van der Waals surface area contributed by atoms with Crippen molar-refractivity contribution in [3.8, 4) is 11.5 Å². The van der Waals surface area contributed by atoms with E-state index in [2.05, 4.69) is 18.0 Å². The van der Waals surface area contributed by atoms with Gasteiger partial charge in [-0.15, -0.1) is 0 Å². The van der Waals surface area contributed by atoms with Gasteiger partial charge in [-0.25, -0.2) is 0 Å². The summed E-state index contributed by atoms with van der Waals surface area (Å²) in [6.45, 7) is 7.21. The largest absolute Gasteiger partial charge is 0.490 e. The number of rotatable bonds is 6. The van der Waals surface area contributed by atoms with Crippen LogP contribution in [0.25, 0.3) is 0 Å². The highest BCUT2D eigenvalue weighted by Gasteiger charge is 2.05. The lowest BCUT2D eigenvalue weighted by Gasteiger charge is -2.11. The molecule has 0 bridgehead atoms. The Morgan fingerprint density at radius 3 is 2.38 bits per heavy atom. The molecule has 0 aliphatic rings. The molecule has 0 saturated carbocycles. The molecule has 3 nitrogen and oxygen atoms in total. The number of para-hydroxylation sites is 1. The van der Waals surface area contributed by atoms with E-state index in [1.54, 1.807) is 0 Å². The summed E-state index contributed by atoms with van der Waals surface area (Å²) in [6.07, 6.45) is 1.85. The van der Waals surface area contributed by atoms with Crippen LogP contribution in [0.5, 0.6) is 11.5 Å². The smallest absolute Gasteiger partial charge is 0.161 e. The first-order chi connectivity index (χ1) is 10.2. The molecule has 110 valence electrons. The van der Waals surface area contributed by atoms with Gasteiger partial charge in [-0.2, -0.15) is 0 Å². The highest BCUT2D eigenvalue weighted by molar-refractivity contribution is 5.83. The standard InChI is InChI=1S/C18H21NO2/c1-4-20-17-11-10-15(12-18(17)21-5-2)13-19-16-9-7-6-8-14(16)3/h6-13H,4-5H2,1-3H3. The molecule has 0 aromatic heterocycles. The zero-order valence-electron chi connectivity index (χ0n) is 12.8. The van der Waals surface area contributed by atoms with Gasteiger partial charge in [0.05, 0.1) is 18.9 Å². The maximum absolute atomic E-state index is 5.62. The normalized spacial score (nSPS) is 10.8. The van der Waals surface area contributed by atoms with Gasteiger partial charge in [0.25, 0.3) is 0 Å². The fraction of sp³-hybridized carbons (Fsp3) is 0.278.